The molecule has 0 amide bonds. The number of sulfonamides is 1. The average Bonchev–Trinajstić information content (AvgIpc) is 2.34. The quantitative estimate of drug-likeness (QED) is 0.438. The van der Waals surface area contributed by atoms with Crippen molar-refractivity contribution >= 4 is 15.7 Å². The van der Waals surface area contributed by atoms with E-state index in [9.17, 15) is 22.9 Å². The van der Waals surface area contributed by atoms with Crippen molar-refractivity contribution in [3.05, 3.63) is 34.1 Å². The molecule has 0 bridgehead atoms. The first kappa shape index (κ1) is 15.5. The van der Waals surface area contributed by atoms with E-state index in [0.29, 0.717) is 18.9 Å². The van der Waals surface area contributed by atoms with E-state index in [0.717, 1.165) is 12.1 Å². The number of aliphatic hydroxyl groups excluding tert-OH is 1. The molecule has 1 rings (SSSR count). The molecule has 0 spiro atoms. The third-order valence-corrected chi connectivity index (χ3v) is 3.79. The first-order valence-electron chi connectivity index (χ1n) is 5.43. The minimum absolute atomic E-state index is 0.0549. The summed E-state index contributed by atoms with van der Waals surface area (Å²) in [5, 5.41) is 18.9. The highest BCUT2D eigenvalue weighted by molar-refractivity contribution is 7.89. The highest BCUT2D eigenvalue weighted by atomic mass is 32.2. The number of nitrogens with zero attached hydrogens (tertiary/aromatic N) is 1. The highest BCUT2D eigenvalue weighted by Crippen LogP contribution is 2.20. The number of aliphatic hydroxyl groups is 1. The average molecular weight is 292 g/mol. The molecule has 19 heavy (non-hydrogen) atoms. The Morgan fingerprint density at radius 2 is 2.05 bits per heavy atom. The van der Waals surface area contributed by atoms with Gasteiger partial charge in [-0.1, -0.05) is 0 Å². The molecule has 0 saturated carbocycles. The van der Waals surface area contributed by atoms with Crippen LogP contribution < -0.4 is 4.72 Å². The van der Waals surface area contributed by atoms with Gasteiger partial charge in [0.15, 0.2) is 0 Å². The lowest BCUT2D eigenvalue weighted by atomic mass is 10.3. The molecule has 9 heteroatoms. The highest BCUT2D eigenvalue weighted by Gasteiger charge is 2.21. The van der Waals surface area contributed by atoms with Crippen LogP contribution in [-0.4, -0.2) is 31.6 Å². The summed E-state index contributed by atoms with van der Waals surface area (Å²) >= 11 is 0. The Morgan fingerprint density at radius 3 is 2.58 bits per heavy atom. The fraction of sp³-hybridized carbons (Fsp3) is 0.400. The van der Waals surface area contributed by atoms with Crippen LogP contribution in [0.25, 0.3) is 0 Å². The van der Waals surface area contributed by atoms with Crippen molar-refractivity contribution in [1.82, 2.24) is 4.72 Å². The van der Waals surface area contributed by atoms with Crippen LogP contribution in [0.2, 0.25) is 0 Å². The van der Waals surface area contributed by atoms with Gasteiger partial charge in [0.1, 0.15) is 10.7 Å². The number of hydrogen-bond acceptors (Lipinski definition) is 5. The first-order chi connectivity index (χ1) is 8.88. The van der Waals surface area contributed by atoms with Crippen molar-refractivity contribution in [2.45, 2.75) is 17.7 Å². The van der Waals surface area contributed by atoms with E-state index < -0.39 is 31.3 Å². The number of benzene rings is 1. The van der Waals surface area contributed by atoms with Crippen LogP contribution >= 0.6 is 0 Å². The number of nitrogens with one attached hydrogen (secondary N) is 1. The van der Waals surface area contributed by atoms with Crippen LogP contribution in [0.5, 0.6) is 0 Å². The van der Waals surface area contributed by atoms with Crippen LogP contribution in [0, 0.1) is 15.9 Å². The SMILES string of the molecule is O=[N+]([O-])c1ccc(S(=O)(=O)NCCCCO)c(F)c1. The number of nitro benzene ring substituents is 1. The standard InChI is InChI=1S/C10H13FN2O5S/c11-9-7-8(13(15)16)3-4-10(9)19(17,18)12-5-1-2-6-14/h3-4,7,12,14H,1-2,5-6H2. The number of nitro groups is 1. The largest absolute Gasteiger partial charge is 0.396 e. The summed E-state index contributed by atoms with van der Waals surface area (Å²) in [5.74, 6) is -1.18. The fourth-order valence-corrected chi connectivity index (χ4v) is 2.47. The molecule has 0 atom stereocenters. The molecular weight excluding hydrogens is 279 g/mol. The maximum atomic E-state index is 13.5. The Hall–Kier alpha value is -1.58. The minimum Gasteiger partial charge on any atom is -0.396 e. The summed E-state index contributed by atoms with van der Waals surface area (Å²) < 4.78 is 39.1. The molecule has 1 aromatic carbocycles. The number of rotatable bonds is 7. The van der Waals surface area contributed by atoms with Crippen molar-refractivity contribution in [3.63, 3.8) is 0 Å². The van der Waals surface area contributed by atoms with Gasteiger partial charge >= 0.3 is 0 Å². The smallest absolute Gasteiger partial charge is 0.272 e. The second kappa shape index (κ2) is 6.55. The Bertz CT molecular complexity index is 561. The maximum absolute atomic E-state index is 13.5. The van der Waals surface area contributed by atoms with Gasteiger partial charge in [-0.3, -0.25) is 10.1 Å². The van der Waals surface area contributed by atoms with Crippen molar-refractivity contribution in [1.29, 1.82) is 0 Å². The van der Waals surface area contributed by atoms with Crippen molar-refractivity contribution in [3.8, 4) is 0 Å². The molecule has 7 nitrogen and oxygen atoms in total. The maximum Gasteiger partial charge on any atom is 0.272 e. The molecule has 0 unspecified atom stereocenters. The Balaban J connectivity index is 2.87. The van der Waals surface area contributed by atoms with E-state index in [2.05, 4.69) is 4.72 Å². The summed E-state index contributed by atoms with van der Waals surface area (Å²) in [7, 11) is -4.04. The van der Waals surface area contributed by atoms with Crippen LogP contribution in [0.15, 0.2) is 23.1 Å². The summed E-state index contributed by atoms with van der Waals surface area (Å²) in [6, 6.07) is 2.33. The molecule has 0 fully saturated rings. The Labute approximate surface area is 109 Å². The van der Waals surface area contributed by atoms with Gasteiger partial charge in [-0.25, -0.2) is 17.5 Å². The van der Waals surface area contributed by atoms with E-state index in [-0.39, 0.29) is 13.2 Å². The molecule has 0 aliphatic carbocycles. The topological polar surface area (TPSA) is 110 Å². The third-order valence-electron chi connectivity index (χ3n) is 2.29. The predicted molar refractivity (Wildman–Crippen MR) is 64.6 cm³/mol. The lowest BCUT2D eigenvalue weighted by molar-refractivity contribution is -0.385. The number of halogens is 1. The molecule has 0 saturated heterocycles. The first-order valence-corrected chi connectivity index (χ1v) is 6.91. The van der Waals surface area contributed by atoms with Crippen molar-refractivity contribution < 1.29 is 22.8 Å². The Kier molecular flexibility index (Phi) is 5.33. The zero-order valence-corrected chi connectivity index (χ0v) is 10.7. The summed E-state index contributed by atoms with van der Waals surface area (Å²) in [5.41, 5.74) is -0.517. The van der Waals surface area contributed by atoms with Gasteiger partial charge in [0.25, 0.3) is 5.69 Å². The zero-order valence-electron chi connectivity index (χ0n) is 9.87. The molecule has 0 aliphatic rings. The summed E-state index contributed by atoms with van der Waals surface area (Å²) in [6.07, 6.45) is 0.829. The molecule has 2 N–H and O–H groups in total. The molecule has 1 aromatic rings. The van der Waals surface area contributed by atoms with E-state index >= 15 is 0 Å². The van der Waals surface area contributed by atoms with Crippen LogP contribution in [0.1, 0.15) is 12.8 Å². The van der Waals surface area contributed by atoms with Gasteiger partial charge in [-0.2, -0.15) is 0 Å². The molecule has 0 aromatic heterocycles. The van der Waals surface area contributed by atoms with Crippen LogP contribution in [-0.2, 0) is 10.0 Å². The second-order valence-corrected chi connectivity index (χ2v) is 5.44. The zero-order chi connectivity index (χ0) is 14.5. The van der Waals surface area contributed by atoms with Crippen molar-refractivity contribution in [2.24, 2.45) is 0 Å². The second-order valence-electron chi connectivity index (χ2n) is 3.70. The normalized spacial score (nSPS) is 11.5. The summed E-state index contributed by atoms with van der Waals surface area (Å²) in [4.78, 5) is 8.96. The van der Waals surface area contributed by atoms with Gasteiger partial charge in [0, 0.05) is 19.2 Å². The lowest BCUT2D eigenvalue weighted by Crippen LogP contribution is -2.25. The van der Waals surface area contributed by atoms with Crippen LogP contribution in [0.3, 0.4) is 0 Å². The third kappa shape index (κ3) is 4.23. The Morgan fingerprint density at radius 1 is 1.37 bits per heavy atom. The molecular formula is C10H13FN2O5S. The van der Waals surface area contributed by atoms with Gasteiger partial charge in [0.2, 0.25) is 10.0 Å². The molecule has 0 radical (unpaired) electrons. The van der Waals surface area contributed by atoms with Gasteiger partial charge in [0.05, 0.1) is 11.0 Å². The van der Waals surface area contributed by atoms with Gasteiger partial charge < -0.3 is 5.11 Å². The summed E-state index contributed by atoms with van der Waals surface area (Å²) in [6.45, 7) is -0.00700. The molecule has 106 valence electrons. The predicted octanol–water partition coefficient (Wildman–Crippen LogP) is 0.785. The number of non-ortho nitro benzene ring substituents is 1. The van der Waals surface area contributed by atoms with Crippen molar-refractivity contribution in [2.75, 3.05) is 13.2 Å². The van der Waals surface area contributed by atoms with E-state index in [4.69, 9.17) is 5.11 Å². The van der Waals surface area contributed by atoms with E-state index in [1.54, 1.807) is 0 Å². The number of unbranched alkanes of at least 4 members (excludes halogenated alkanes) is 1. The molecule has 0 aliphatic heterocycles. The van der Waals surface area contributed by atoms with E-state index in [1.165, 1.54) is 0 Å². The van der Waals surface area contributed by atoms with E-state index in [1.807, 2.05) is 0 Å². The van der Waals surface area contributed by atoms with Gasteiger partial charge in [-0.05, 0) is 18.9 Å². The number of hydrogen-bond donors (Lipinski definition) is 2. The fourth-order valence-electron chi connectivity index (χ4n) is 1.34. The van der Waals surface area contributed by atoms with Crippen LogP contribution in [0.4, 0.5) is 10.1 Å². The minimum atomic E-state index is -4.04. The lowest BCUT2D eigenvalue weighted by Gasteiger charge is -2.07. The van der Waals surface area contributed by atoms with Gasteiger partial charge in [-0.15, -0.1) is 0 Å². The molecule has 0 heterocycles. The monoisotopic (exact) mass is 292 g/mol.